The first-order valence-electron chi connectivity index (χ1n) is 5.33. The Balaban J connectivity index is 2.93. The van der Waals surface area contributed by atoms with E-state index in [4.69, 9.17) is 17.4 Å². The van der Waals surface area contributed by atoms with E-state index in [-0.39, 0.29) is 0 Å². The number of nitrogens with two attached hydrogens (primary N) is 1. The maximum Gasteiger partial charge on any atom is 0.125 e. The lowest BCUT2D eigenvalue weighted by atomic mass is 10.0. The topological polar surface area (TPSA) is 50.9 Å². The van der Waals surface area contributed by atoms with Crippen LogP contribution in [0.25, 0.3) is 10.9 Å². The third-order valence-electron chi connectivity index (χ3n) is 2.81. The van der Waals surface area contributed by atoms with Crippen LogP contribution in [-0.2, 0) is 6.42 Å². The fourth-order valence-corrected chi connectivity index (χ4v) is 2.29. The van der Waals surface area contributed by atoms with Crippen molar-refractivity contribution in [2.45, 2.75) is 20.3 Å². The molecule has 2 rings (SSSR count). The fourth-order valence-electron chi connectivity index (χ4n) is 2.05. The van der Waals surface area contributed by atoms with E-state index in [9.17, 15) is 4.39 Å². The number of aromatic nitrogens is 1. The summed E-state index contributed by atoms with van der Waals surface area (Å²) in [6, 6.07) is 2.64. The van der Waals surface area contributed by atoms with Gasteiger partial charge in [-0.1, -0.05) is 18.5 Å². The molecule has 0 saturated carbocycles. The number of nitrogen functional groups attached to an aromatic ring is 1. The highest BCUT2D eigenvalue weighted by Gasteiger charge is 2.13. The predicted molar refractivity (Wildman–Crippen MR) is 68.6 cm³/mol. The highest BCUT2D eigenvalue weighted by Crippen LogP contribution is 2.32. The van der Waals surface area contributed by atoms with E-state index in [1.54, 1.807) is 0 Å². The summed E-state index contributed by atoms with van der Waals surface area (Å²) < 4.78 is 13.4. The van der Waals surface area contributed by atoms with Crippen LogP contribution < -0.4 is 11.3 Å². The van der Waals surface area contributed by atoms with Gasteiger partial charge in [0.1, 0.15) is 5.82 Å². The number of halogens is 2. The largest absolute Gasteiger partial charge is 0.323 e. The van der Waals surface area contributed by atoms with Gasteiger partial charge in [-0.3, -0.25) is 10.8 Å². The standard InChI is InChI=1S/C12H13ClFN3/c1-3-8-6(2)16-12-9(11(8)17-15)4-7(14)5-10(12)13/h4-5H,3,15H2,1-2H3,(H,16,17). The summed E-state index contributed by atoms with van der Waals surface area (Å²) in [7, 11) is 0. The summed E-state index contributed by atoms with van der Waals surface area (Å²) in [4.78, 5) is 4.40. The zero-order chi connectivity index (χ0) is 12.6. The molecule has 3 N–H and O–H groups in total. The molecule has 1 aromatic carbocycles. The van der Waals surface area contributed by atoms with Gasteiger partial charge in [0.15, 0.2) is 0 Å². The lowest BCUT2D eigenvalue weighted by Gasteiger charge is -2.14. The number of rotatable bonds is 2. The van der Waals surface area contributed by atoms with Gasteiger partial charge in [-0.25, -0.2) is 4.39 Å². The molecule has 1 aromatic heterocycles. The van der Waals surface area contributed by atoms with E-state index >= 15 is 0 Å². The zero-order valence-electron chi connectivity index (χ0n) is 9.64. The molecule has 0 amide bonds. The Morgan fingerprint density at radius 3 is 2.76 bits per heavy atom. The molecular weight excluding hydrogens is 241 g/mol. The molecule has 0 spiro atoms. The fraction of sp³-hybridized carbons (Fsp3) is 0.250. The molecule has 0 radical (unpaired) electrons. The van der Waals surface area contributed by atoms with Crippen LogP contribution in [0.1, 0.15) is 18.2 Å². The minimum atomic E-state index is -0.397. The molecule has 17 heavy (non-hydrogen) atoms. The second kappa shape index (κ2) is 4.47. The van der Waals surface area contributed by atoms with Gasteiger partial charge in [-0.05, 0) is 31.0 Å². The summed E-state index contributed by atoms with van der Waals surface area (Å²) in [5.41, 5.74) is 5.70. The lowest BCUT2D eigenvalue weighted by molar-refractivity contribution is 0.629. The van der Waals surface area contributed by atoms with Gasteiger partial charge in [-0.2, -0.15) is 0 Å². The van der Waals surface area contributed by atoms with Crippen molar-refractivity contribution in [3.8, 4) is 0 Å². The van der Waals surface area contributed by atoms with Crippen LogP contribution in [-0.4, -0.2) is 4.98 Å². The second-order valence-corrected chi connectivity index (χ2v) is 4.24. The summed E-state index contributed by atoms with van der Waals surface area (Å²) in [5, 5.41) is 0.905. The minimum absolute atomic E-state index is 0.294. The molecule has 0 bridgehead atoms. The van der Waals surface area contributed by atoms with E-state index in [2.05, 4.69) is 10.4 Å². The molecule has 0 saturated heterocycles. The third kappa shape index (κ3) is 1.94. The van der Waals surface area contributed by atoms with E-state index < -0.39 is 5.82 Å². The van der Waals surface area contributed by atoms with E-state index in [0.29, 0.717) is 21.6 Å². The van der Waals surface area contributed by atoms with Gasteiger partial charge < -0.3 is 5.43 Å². The van der Waals surface area contributed by atoms with E-state index in [0.717, 1.165) is 17.7 Å². The van der Waals surface area contributed by atoms with Gasteiger partial charge in [-0.15, -0.1) is 0 Å². The Kier molecular flexibility index (Phi) is 3.17. The predicted octanol–water partition coefficient (Wildman–Crippen LogP) is 3.18. The molecule has 0 unspecified atom stereocenters. The van der Waals surface area contributed by atoms with Crippen molar-refractivity contribution >= 4 is 28.2 Å². The van der Waals surface area contributed by atoms with Gasteiger partial charge in [0.2, 0.25) is 0 Å². The molecule has 0 atom stereocenters. The summed E-state index contributed by atoms with van der Waals surface area (Å²) in [5.74, 6) is 5.12. The van der Waals surface area contributed by atoms with Crippen molar-refractivity contribution in [1.82, 2.24) is 4.98 Å². The number of nitrogens with zero attached hydrogens (tertiary/aromatic N) is 1. The van der Waals surface area contributed by atoms with Crippen molar-refractivity contribution in [1.29, 1.82) is 0 Å². The molecular formula is C12H13ClFN3. The SMILES string of the molecule is CCc1c(C)nc2c(Cl)cc(F)cc2c1NN. The number of benzene rings is 1. The van der Waals surface area contributed by atoms with Gasteiger partial charge >= 0.3 is 0 Å². The maximum atomic E-state index is 13.4. The first-order chi connectivity index (χ1) is 8.08. The van der Waals surface area contributed by atoms with Crippen molar-refractivity contribution in [3.63, 3.8) is 0 Å². The molecule has 0 aliphatic rings. The Morgan fingerprint density at radius 2 is 2.18 bits per heavy atom. The van der Waals surface area contributed by atoms with Crippen LogP contribution in [0.15, 0.2) is 12.1 Å². The molecule has 0 aliphatic carbocycles. The quantitative estimate of drug-likeness (QED) is 0.638. The van der Waals surface area contributed by atoms with Gasteiger partial charge in [0.25, 0.3) is 0 Å². The van der Waals surface area contributed by atoms with Crippen LogP contribution in [0.4, 0.5) is 10.1 Å². The number of anilines is 1. The van der Waals surface area contributed by atoms with Gasteiger partial charge in [0.05, 0.1) is 16.2 Å². The van der Waals surface area contributed by atoms with Crippen LogP contribution in [0.3, 0.4) is 0 Å². The highest BCUT2D eigenvalue weighted by molar-refractivity contribution is 6.35. The second-order valence-electron chi connectivity index (χ2n) is 3.83. The monoisotopic (exact) mass is 253 g/mol. The van der Waals surface area contributed by atoms with Crippen LogP contribution >= 0.6 is 11.6 Å². The number of hydrogen-bond acceptors (Lipinski definition) is 3. The van der Waals surface area contributed by atoms with Crippen LogP contribution in [0.2, 0.25) is 5.02 Å². The number of hydrazine groups is 1. The molecule has 5 heteroatoms. The molecule has 1 heterocycles. The van der Waals surface area contributed by atoms with Crippen molar-refractivity contribution in [3.05, 3.63) is 34.2 Å². The number of nitrogens with one attached hydrogen (secondary N) is 1. The first-order valence-corrected chi connectivity index (χ1v) is 5.71. The molecule has 2 aromatic rings. The number of aryl methyl sites for hydroxylation is 1. The Morgan fingerprint density at radius 1 is 1.47 bits per heavy atom. The normalized spacial score (nSPS) is 10.9. The number of hydrogen-bond donors (Lipinski definition) is 2. The Bertz CT molecular complexity index is 584. The average Bonchev–Trinajstić information content (AvgIpc) is 2.28. The van der Waals surface area contributed by atoms with E-state index in [1.807, 2.05) is 13.8 Å². The van der Waals surface area contributed by atoms with Crippen molar-refractivity contribution in [2.75, 3.05) is 5.43 Å². The summed E-state index contributed by atoms with van der Waals surface area (Å²) in [6.07, 6.45) is 0.766. The summed E-state index contributed by atoms with van der Waals surface area (Å²) in [6.45, 7) is 3.89. The third-order valence-corrected chi connectivity index (χ3v) is 3.10. The zero-order valence-corrected chi connectivity index (χ0v) is 10.4. The van der Waals surface area contributed by atoms with Crippen LogP contribution in [0.5, 0.6) is 0 Å². The number of pyridine rings is 1. The van der Waals surface area contributed by atoms with Gasteiger partial charge in [0, 0.05) is 11.1 Å². The molecule has 90 valence electrons. The molecule has 0 fully saturated rings. The van der Waals surface area contributed by atoms with Crippen molar-refractivity contribution in [2.24, 2.45) is 5.84 Å². The summed E-state index contributed by atoms with van der Waals surface area (Å²) >= 11 is 5.99. The molecule has 0 aliphatic heterocycles. The molecule has 3 nitrogen and oxygen atoms in total. The lowest BCUT2D eigenvalue weighted by Crippen LogP contribution is -2.11. The van der Waals surface area contributed by atoms with Crippen LogP contribution in [0, 0.1) is 12.7 Å². The first kappa shape index (κ1) is 12.1. The number of fused-ring (bicyclic) bond motifs is 1. The Hall–Kier alpha value is -1.39. The van der Waals surface area contributed by atoms with Crippen molar-refractivity contribution < 1.29 is 4.39 Å². The highest BCUT2D eigenvalue weighted by atomic mass is 35.5. The Labute approximate surface area is 104 Å². The minimum Gasteiger partial charge on any atom is -0.323 e. The average molecular weight is 254 g/mol. The maximum absolute atomic E-state index is 13.4. The smallest absolute Gasteiger partial charge is 0.125 e. The van der Waals surface area contributed by atoms with E-state index in [1.165, 1.54) is 12.1 Å².